The molecular formula is C17H18FNO. The van der Waals surface area contributed by atoms with Crippen molar-refractivity contribution in [3.63, 3.8) is 0 Å². The first kappa shape index (κ1) is 13.3. The minimum atomic E-state index is -0.0888. The molecule has 2 aromatic rings. The highest BCUT2D eigenvalue weighted by Gasteiger charge is 2.24. The molecule has 0 radical (unpaired) electrons. The standard InChI is InChI=1S/C17H18FNO/c18-16-6-2-5-15-14(16)7-8-17(15)19-10-12-3-1-4-13(9-12)11-20/h1-6,9,17,19-20H,7-8,10-11H2. The van der Waals surface area contributed by atoms with Gasteiger partial charge in [-0.25, -0.2) is 4.39 Å². The Morgan fingerprint density at radius 1 is 1.15 bits per heavy atom. The summed E-state index contributed by atoms with van der Waals surface area (Å²) >= 11 is 0. The largest absolute Gasteiger partial charge is 0.392 e. The van der Waals surface area contributed by atoms with E-state index in [-0.39, 0.29) is 18.5 Å². The molecule has 0 saturated heterocycles. The highest BCUT2D eigenvalue weighted by atomic mass is 19.1. The predicted molar refractivity (Wildman–Crippen MR) is 76.7 cm³/mol. The molecule has 1 atom stereocenters. The van der Waals surface area contributed by atoms with E-state index in [2.05, 4.69) is 5.32 Å². The van der Waals surface area contributed by atoms with Crippen molar-refractivity contribution in [2.24, 2.45) is 0 Å². The summed E-state index contributed by atoms with van der Waals surface area (Å²) in [7, 11) is 0. The third-order valence-corrected chi connectivity index (χ3v) is 3.94. The molecule has 1 aliphatic rings. The average molecular weight is 271 g/mol. The van der Waals surface area contributed by atoms with E-state index >= 15 is 0 Å². The second-order valence-electron chi connectivity index (χ2n) is 5.26. The minimum absolute atomic E-state index is 0.0608. The molecule has 2 aromatic carbocycles. The van der Waals surface area contributed by atoms with Crippen LogP contribution in [0.1, 0.15) is 34.7 Å². The van der Waals surface area contributed by atoms with Crippen LogP contribution in [0.25, 0.3) is 0 Å². The van der Waals surface area contributed by atoms with Crippen molar-refractivity contribution < 1.29 is 9.50 Å². The van der Waals surface area contributed by atoms with Crippen LogP contribution in [0.3, 0.4) is 0 Å². The average Bonchev–Trinajstić information content (AvgIpc) is 2.90. The van der Waals surface area contributed by atoms with Gasteiger partial charge in [0.05, 0.1) is 6.61 Å². The quantitative estimate of drug-likeness (QED) is 0.895. The van der Waals surface area contributed by atoms with E-state index < -0.39 is 0 Å². The van der Waals surface area contributed by atoms with Crippen molar-refractivity contribution in [1.82, 2.24) is 5.32 Å². The van der Waals surface area contributed by atoms with Crippen LogP contribution < -0.4 is 5.32 Å². The topological polar surface area (TPSA) is 32.3 Å². The maximum Gasteiger partial charge on any atom is 0.126 e. The molecule has 0 bridgehead atoms. The Balaban J connectivity index is 1.70. The summed E-state index contributed by atoms with van der Waals surface area (Å²) in [6.07, 6.45) is 1.74. The van der Waals surface area contributed by atoms with Crippen LogP contribution in [-0.4, -0.2) is 5.11 Å². The van der Waals surface area contributed by atoms with Crippen LogP contribution in [-0.2, 0) is 19.6 Å². The highest BCUT2D eigenvalue weighted by Crippen LogP contribution is 2.32. The van der Waals surface area contributed by atoms with Crippen molar-refractivity contribution in [2.45, 2.75) is 32.0 Å². The molecule has 3 heteroatoms. The van der Waals surface area contributed by atoms with E-state index in [1.807, 2.05) is 30.3 Å². The summed E-state index contributed by atoms with van der Waals surface area (Å²) in [6.45, 7) is 0.791. The van der Waals surface area contributed by atoms with Gasteiger partial charge < -0.3 is 10.4 Å². The molecule has 3 rings (SSSR count). The van der Waals surface area contributed by atoms with Gasteiger partial charge in [0.25, 0.3) is 0 Å². The van der Waals surface area contributed by atoms with Crippen LogP contribution in [0.15, 0.2) is 42.5 Å². The van der Waals surface area contributed by atoms with E-state index in [0.29, 0.717) is 0 Å². The Bertz CT molecular complexity index is 612. The van der Waals surface area contributed by atoms with Gasteiger partial charge in [0.1, 0.15) is 5.82 Å². The lowest BCUT2D eigenvalue weighted by molar-refractivity contribution is 0.281. The molecule has 0 aliphatic heterocycles. The number of benzene rings is 2. The molecule has 20 heavy (non-hydrogen) atoms. The highest BCUT2D eigenvalue weighted by molar-refractivity contribution is 5.35. The SMILES string of the molecule is OCc1cccc(CNC2CCc3c(F)cccc32)c1. The second kappa shape index (κ2) is 5.73. The lowest BCUT2D eigenvalue weighted by atomic mass is 10.1. The van der Waals surface area contributed by atoms with E-state index in [1.165, 1.54) is 6.07 Å². The van der Waals surface area contributed by atoms with Crippen molar-refractivity contribution >= 4 is 0 Å². The zero-order chi connectivity index (χ0) is 13.9. The zero-order valence-electron chi connectivity index (χ0n) is 11.3. The lowest BCUT2D eigenvalue weighted by Gasteiger charge is -2.14. The number of hydrogen-bond donors (Lipinski definition) is 2. The summed E-state index contributed by atoms with van der Waals surface area (Å²) in [5.41, 5.74) is 4.00. The number of fused-ring (bicyclic) bond motifs is 1. The molecule has 104 valence electrons. The normalized spacial score (nSPS) is 17.2. The monoisotopic (exact) mass is 271 g/mol. The van der Waals surface area contributed by atoms with Crippen molar-refractivity contribution in [3.8, 4) is 0 Å². The van der Waals surface area contributed by atoms with Crippen LogP contribution in [0.4, 0.5) is 4.39 Å². The van der Waals surface area contributed by atoms with E-state index in [9.17, 15) is 4.39 Å². The maximum absolute atomic E-state index is 13.7. The molecule has 0 heterocycles. The second-order valence-corrected chi connectivity index (χ2v) is 5.26. The van der Waals surface area contributed by atoms with E-state index in [4.69, 9.17) is 5.11 Å². The number of aliphatic hydroxyl groups is 1. The Labute approximate surface area is 118 Å². The molecule has 0 amide bonds. The summed E-state index contributed by atoms with van der Waals surface area (Å²) < 4.78 is 13.7. The van der Waals surface area contributed by atoms with Crippen molar-refractivity contribution in [3.05, 3.63) is 70.5 Å². The van der Waals surface area contributed by atoms with Gasteiger partial charge in [-0.15, -0.1) is 0 Å². The van der Waals surface area contributed by atoms with Crippen molar-refractivity contribution in [1.29, 1.82) is 0 Å². The molecule has 0 saturated carbocycles. The number of halogens is 1. The third kappa shape index (κ3) is 2.60. The number of nitrogens with one attached hydrogen (secondary N) is 1. The fraction of sp³-hybridized carbons (Fsp3) is 0.294. The number of aliphatic hydroxyl groups excluding tert-OH is 1. The van der Waals surface area contributed by atoms with Crippen LogP contribution in [0.5, 0.6) is 0 Å². The van der Waals surface area contributed by atoms with Gasteiger partial charge in [0.15, 0.2) is 0 Å². The Hall–Kier alpha value is -1.71. The van der Waals surface area contributed by atoms with Gasteiger partial charge in [0.2, 0.25) is 0 Å². The minimum Gasteiger partial charge on any atom is -0.392 e. The Kier molecular flexibility index (Phi) is 3.81. The Morgan fingerprint density at radius 2 is 1.95 bits per heavy atom. The summed E-state index contributed by atoms with van der Waals surface area (Å²) in [5.74, 6) is -0.0888. The summed E-state index contributed by atoms with van der Waals surface area (Å²) in [6, 6.07) is 13.4. The van der Waals surface area contributed by atoms with Gasteiger partial charge in [-0.2, -0.15) is 0 Å². The van der Waals surface area contributed by atoms with Crippen LogP contribution >= 0.6 is 0 Å². The number of rotatable bonds is 4. The van der Waals surface area contributed by atoms with Gasteiger partial charge in [-0.1, -0.05) is 36.4 Å². The zero-order valence-corrected chi connectivity index (χ0v) is 11.3. The Morgan fingerprint density at radius 3 is 2.80 bits per heavy atom. The maximum atomic E-state index is 13.7. The predicted octanol–water partition coefficient (Wildman–Crippen LogP) is 3.10. The van der Waals surface area contributed by atoms with Gasteiger partial charge >= 0.3 is 0 Å². The number of hydrogen-bond acceptors (Lipinski definition) is 2. The van der Waals surface area contributed by atoms with Gasteiger partial charge in [0, 0.05) is 12.6 Å². The first-order chi connectivity index (χ1) is 9.78. The molecule has 0 aromatic heterocycles. The van der Waals surface area contributed by atoms with Crippen molar-refractivity contribution in [2.75, 3.05) is 0 Å². The van der Waals surface area contributed by atoms with Crippen LogP contribution in [0, 0.1) is 5.82 Å². The molecule has 2 nitrogen and oxygen atoms in total. The van der Waals surface area contributed by atoms with Gasteiger partial charge in [-0.05, 0) is 41.2 Å². The van der Waals surface area contributed by atoms with Gasteiger partial charge in [-0.3, -0.25) is 0 Å². The molecule has 1 aliphatic carbocycles. The van der Waals surface area contributed by atoms with E-state index in [1.54, 1.807) is 6.07 Å². The first-order valence-corrected chi connectivity index (χ1v) is 6.97. The van der Waals surface area contributed by atoms with Crippen LogP contribution in [0.2, 0.25) is 0 Å². The fourth-order valence-corrected chi connectivity index (χ4v) is 2.90. The molecule has 2 N–H and O–H groups in total. The van der Waals surface area contributed by atoms with E-state index in [0.717, 1.165) is 41.6 Å². The molecule has 1 unspecified atom stereocenters. The third-order valence-electron chi connectivity index (χ3n) is 3.94. The summed E-state index contributed by atoms with van der Waals surface area (Å²) in [4.78, 5) is 0. The first-order valence-electron chi connectivity index (χ1n) is 6.97. The fourth-order valence-electron chi connectivity index (χ4n) is 2.90. The lowest BCUT2D eigenvalue weighted by Crippen LogP contribution is -2.18. The summed E-state index contributed by atoms with van der Waals surface area (Å²) in [5, 5.41) is 12.6. The molecule has 0 spiro atoms. The molecular weight excluding hydrogens is 253 g/mol. The smallest absolute Gasteiger partial charge is 0.126 e. The molecule has 0 fully saturated rings.